The van der Waals surface area contributed by atoms with Crippen LogP contribution in [-0.2, 0) is 6.54 Å². The number of hydrogen-bond acceptors (Lipinski definition) is 3. The van der Waals surface area contributed by atoms with Gasteiger partial charge in [-0.05, 0) is 37.3 Å². The fourth-order valence-corrected chi connectivity index (χ4v) is 2.15. The molecule has 5 heteroatoms. The van der Waals surface area contributed by atoms with Crippen molar-refractivity contribution in [2.45, 2.75) is 13.5 Å². The van der Waals surface area contributed by atoms with Gasteiger partial charge in [0.1, 0.15) is 11.5 Å². The minimum absolute atomic E-state index is 0.265. The van der Waals surface area contributed by atoms with Gasteiger partial charge in [-0.2, -0.15) is 0 Å². The molecule has 3 aromatic rings. The van der Waals surface area contributed by atoms with Crippen molar-refractivity contribution in [1.29, 1.82) is 0 Å². The highest BCUT2D eigenvalue weighted by molar-refractivity contribution is 5.80. The second-order valence-corrected chi connectivity index (χ2v) is 4.29. The molecule has 4 nitrogen and oxygen atoms in total. The molecular formula is C14H13FN4. The van der Waals surface area contributed by atoms with Gasteiger partial charge in [-0.25, -0.2) is 9.37 Å². The van der Waals surface area contributed by atoms with Gasteiger partial charge in [-0.15, -0.1) is 0 Å². The fourth-order valence-electron chi connectivity index (χ4n) is 2.15. The number of aromatic nitrogens is 3. The molecule has 0 aliphatic carbocycles. The van der Waals surface area contributed by atoms with Crippen LogP contribution in [-0.4, -0.2) is 14.5 Å². The number of aryl methyl sites for hydroxylation is 1. The van der Waals surface area contributed by atoms with Gasteiger partial charge in [0.05, 0.1) is 22.9 Å². The van der Waals surface area contributed by atoms with E-state index >= 15 is 0 Å². The van der Waals surface area contributed by atoms with Crippen molar-refractivity contribution in [3.8, 4) is 11.5 Å². The van der Waals surface area contributed by atoms with E-state index in [1.54, 1.807) is 18.3 Å². The van der Waals surface area contributed by atoms with Gasteiger partial charge in [0, 0.05) is 6.54 Å². The Morgan fingerprint density at radius 1 is 1.26 bits per heavy atom. The van der Waals surface area contributed by atoms with Crippen LogP contribution in [0.5, 0.6) is 0 Å². The number of fused-ring (bicyclic) bond motifs is 1. The molecule has 0 aliphatic heterocycles. The Morgan fingerprint density at radius 3 is 2.79 bits per heavy atom. The van der Waals surface area contributed by atoms with Crippen LogP contribution < -0.4 is 5.73 Å². The number of nitrogens with two attached hydrogens (primary N) is 1. The minimum atomic E-state index is -0.265. The van der Waals surface area contributed by atoms with Crippen molar-refractivity contribution in [1.82, 2.24) is 14.5 Å². The Hall–Kier alpha value is -2.43. The van der Waals surface area contributed by atoms with Gasteiger partial charge in [0.2, 0.25) is 0 Å². The Labute approximate surface area is 109 Å². The van der Waals surface area contributed by atoms with Crippen molar-refractivity contribution in [3.63, 3.8) is 0 Å². The van der Waals surface area contributed by atoms with Crippen LogP contribution in [0.4, 0.5) is 10.1 Å². The lowest BCUT2D eigenvalue weighted by atomic mass is 10.3. The van der Waals surface area contributed by atoms with E-state index in [0.29, 0.717) is 12.2 Å². The van der Waals surface area contributed by atoms with Gasteiger partial charge in [0.15, 0.2) is 5.82 Å². The molecule has 3 rings (SSSR count). The third-order valence-corrected chi connectivity index (χ3v) is 3.04. The average molecular weight is 256 g/mol. The molecule has 0 saturated heterocycles. The van der Waals surface area contributed by atoms with Gasteiger partial charge >= 0.3 is 0 Å². The van der Waals surface area contributed by atoms with Crippen LogP contribution >= 0.6 is 0 Å². The van der Waals surface area contributed by atoms with Crippen LogP contribution in [0.2, 0.25) is 0 Å². The number of imidazole rings is 1. The number of pyridine rings is 1. The molecule has 2 aromatic heterocycles. The number of hydrogen-bond donors (Lipinski definition) is 1. The number of anilines is 1. The zero-order valence-corrected chi connectivity index (χ0v) is 10.5. The maximum absolute atomic E-state index is 13.3. The predicted molar refractivity (Wildman–Crippen MR) is 73.0 cm³/mol. The van der Waals surface area contributed by atoms with Gasteiger partial charge in [0.25, 0.3) is 0 Å². The molecule has 0 aliphatic rings. The summed E-state index contributed by atoms with van der Waals surface area (Å²) in [6.07, 6.45) is 1.59. The van der Waals surface area contributed by atoms with Crippen LogP contribution in [0, 0.1) is 5.82 Å². The van der Waals surface area contributed by atoms with Crippen LogP contribution in [0.25, 0.3) is 22.6 Å². The summed E-state index contributed by atoms with van der Waals surface area (Å²) in [5.41, 5.74) is 8.50. The summed E-state index contributed by atoms with van der Waals surface area (Å²) in [4.78, 5) is 8.79. The molecule has 0 fully saturated rings. The maximum atomic E-state index is 13.3. The molecule has 0 amide bonds. The van der Waals surface area contributed by atoms with Crippen LogP contribution in [0.3, 0.4) is 0 Å². The highest BCUT2D eigenvalue weighted by Crippen LogP contribution is 2.24. The monoisotopic (exact) mass is 256 g/mol. The molecular weight excluding hydrogens is 243 g/mol. The van der Waals surface area contributed by atoms with Gasteiger partial charge in [-0.3, -0.25) is 4.98 Å². The van der Waals surface area contributed by atoms with Crippen molar-refractivity contribution < 1.29 is 4.39 Å². The lowest BCUT2D eigenvalue weighted by molar-refractivity contribution is 0.628. The topological polar surface area (TPSA) is 56.7 Å². The Balaban J connectivity index is 2.25. The molecule has 0 saturated carbocycles. The van der Waals surface area contributed by atoms with E-state index in [1.165, 1.54) is 12.1 Å². The van der Waals surface area contributed by atoms with Crippen LogP contribution in [0.15, 0.2) is 36.5 Å². The fraction of sp³-hybridized carbons (Fsp3) is 0.143. The zero-order valence-electron chi connectivity index (χ0n) is 10.5. The number of benzene rings is 1. The summed E-state index contributed by atoms with van der Waals surface area (Å²) in [6, 6.07) is 8.18. The summed E-state index contributed by atoms with van der Waals surface area (Å²) in [5.74, 6) is 0.460. The third kappa shape index (κ3) is 1.93. The molecule has 19 heavy (non-hydrogen) atoms. The smallest absolute Gasteiger partial charge is 0.159 e. The quantitative estimate of drug-likeness (QED) is 0.767. The van der Waals surface area contributed by atoms with E-state index in [1.807, 2.05) is 17.6 Å². The summed E-state index contributed by atoms with van der Waals surface area (Å²) in [6.45, 7) is 2.69. The van der Waals surface area contributed by atoms with E-state index in [4.69, 9.17) is 5.73 Å². The van der Waals surface area contributed by atoms with Crippen molar-refractivity contribution in [2.24, 2.45) is 0 Å². The minimum Gasteiger partial charge on any atom is -0.397 e. The summed E-state index contributed by atoms with van der Waals surface area (Å²) >= 11 is 0. The zero-order chi connectivity index (χ0) is 13.4. The number of nitrogen functional groups attached to an aromatic ring is 1. The first-order valence-electron chi connectivity index (χ1n) is 6.06. The van der Waals surface area contributed by atoms with Crippen molar-refractivity contribution in [2.75, 3.05) is 5.73 Å². The van der Waals surface area contributed by atoms with Gasteiger partial charge < -0.3 is 10.3 Å². The average Bonchev–Trinajstić information content (AvgIpc) is 2.77. The summed E-state index contributed by atoms with van der Waals surface area (Å²) < 4.78 is 15.3. The Morgan fingerprint density at radius 2 is 2.11 bits per heavy atom. The molecule has 0 atom stereocenters. The van der Waals surface area contributed by atoms with Gasteiger partial charge in [-0.1, -0.05) is 0 Å². The highest BCUT2D eigenvalue weighted by atomic mass is 19.1. The van der Waals surface area contributed by atoms with Crippen LogP contribution in [0.1, 0.15) is 6.92 Å². The largest absolute Gasteiger partial charge is 0.397 e. The Bertz CT molecular complexity index is 731. The first kappa shape index (κ1) is 11.6. The third-order valence-electron chi connectivity index (χ3n) is 3.04. The second kappa shape index (κ2) is 4.35. The number of rotatable bonds is 2. The van der Waals surface area contributed by atoms with E-state index in [0.717, 1.165) is 22.6 Å². The molecule has 0 spiro atoms. The molecule has 1 aromatic carbocycles. The van der Waals surface area contributed by atoms with E-state index in [9.17, 15) is 4.39 Å². The first-order valence-corrected chi connectivity index (χ1v) is 6.06. The lowest BCUT2D eigenvalue weighted by Gasteiger charge is -2.05. The summed E-state index contributed by atoms with van der Waals surface area (Å²) in [5, 5.41) is 0. The number of nitrogens with zero attached hydrogens (tertiary/aromatic N) is 3. The SMILES string of the molecule is CCn1c(-c2ccc(N)cn2)nc2ccc(F)cc21. The number of halogens is 1. The molecule has 2 N–H and O–H groups in total. The standard InChI is InChI=1S/C14H13FN4/c1-2-19-13-7-9(15)3-5-11(13)18-14(19)12-6-4-10(16)8-17-12/h3-8H,2,16H2,1H3. The first-order chi connectivity index (χ1) is 9.19. The maximum Gasteiger partial charge on any atom is 0.159 e. The van der Waals surface area contributed by atoms with Crippen molar-refractivity contribution in [3.05, 3.63) is 42.3 Å². The van der Waals surface area contributed by atoms with E-state index in [2.05, 4.69) is 9.97 Å². The van der Waals surface area contributed by atoms with E-state index in [-0.39, 0.29) is 5.82 Å². The molecule has 0 radical (unpaired) electrons. The van der Waals surface area contributed by atoms with Crippen molar-refractivity contribution >= 4 is 16.7 Å². The predicted octanol–water partition coefficient (Wildman–Crippen LogP) is 2.84. The lowest BCUT2D eigenvalue weighted by Crippen LogP contribution is -1.99. The summed E-state index contributed by atoms with van der Waals surface area (Å²) in [7, 11) is 0. The normalized spacial score (nSPS) is 11.1. The Kier molecular flexibility index (Phi) is 2.67. The highest BCUT2D eigenvalue weighted by Gasteiger charge is 2.12. The van der Waals surface area contributed by atoms with E-state index < -0.39 is 0 Å². The second-order valence-electron chi connectivity index (χ2n) is 4.29. The molecule has 96 valence electrons. The molecule has 2 heterocycles. The molecule has 0 unspecified atom stereocenters. The molecule has 0 bridgehead atoms.